The van der Waals surface area contributed by atoms with Crippen LogP contribution in [0.5, 0.6) is 17.2 Å². The van der Waals surface area contributed by atoms with Gasteiger partial charge in [0.25, 0.3) is 11.5 Å². The van der Waals surface area contributed by atoms with Crippen LogP contribution in [0.4, 0.5) is 5.82 Å². The molecule has 0 spiro atoms. The topological polar surface area (TPSA) is 112 Å². The maximum absolute atomic E-state index is 13.6. The van der Waals surface area contributed by atoms with Crippen molar-refractivity contribution >= 4 is 28.4 Å². The molecule has 3 heterocycles. The van der Waals surface area contributed by atoms with Gasteiger partial charge < -0.3 is 14.8 Å². The van der Waals surface area contributed by atoms with E-state index in [9.17, 15) is 14.4 Å². The molecule has 0 radical (unpaired) electrons. The molecule has 1 amide bonds. The van der Waals surface area contributed by atoms with Crippen molar-refractivity contribution in [3.63, 3.8) is 0 Å². The van der Waals surface area contributed by atoms with Gasteiger partial charge in [0.05, 0.1) is 11.7 Å². The number of allylic oxidation sites excluding steroid dienone is 1. The second-order valence-electron chi connectivity index (χ2n) is 10.7. The molecule has 9 heteroatoms. The molecular weight excluding hydrogens is 556 g/mol. The lowest BCUT2D eigenvalue weighted by Gasteiger charge is -2.21. The zero-order valence-electron chi connectivity index (χ0n) is 24.4. The summed E-state index contributed by atoms with van der Waals surface area (Å²) in [7, 11) is 0. The number of aromatic nitrogens is 3. The number of fused-ring (bicyclic) bond motifs is 2. The van der Waals surface area contributed by atoms with E-state index in [0.717, 1.165) is 10.9 Å². The summed E-state index contributed by atoms with van der Waals surface area (Å²) in [6.45, 7) is 4.52. The molecule has 0 fully saturated rings. The van der Waals surface area contributed by atoms with Gasteiger partial charge in [-0.2, -0.15) is 0 Å². The Balaban J connectivity index is 1.21. The lowest BCUT2D eigenvalue weighted by atomic mass is 9.92. The normalized spacial score (nSPS) is 12.4. The highest BCUT2D eigenvalue weighted by Gasteiger charge is 2.26. The van der Waals surface area contributed by atoms with E-state index in [-0.39, 0.29) is 17.2 Å². The van der Waals surface area contributed by atoms with Crippen molar-refractivity contribution in [3.8, 4) is 22.9 Å². The quantitative estimate of drug-likeness (QED) is 0.202. The average molecular weight is 587 g/mol. The Bertz CT molecular complexity index is 1960. The predicted octanol–water partition coefficient (Wildman–Crippen LogP) is 6.69. The summed E-state index contributed by atoms with van der Waals surface area (Å²) in [5.41, 5.74) is 2.92. The van der Waals surface area contributed by atoms with Gasteiger partial charge in [-0.15, -0.1) is 0 Å². The zero-order valence-corrected chi connectivity index (χ0v) is 24.4. The van der Waals surface area contributed by atoms with E-state index in [4.69, 9.17) is 9.47 Å². The molecule has 0 bridgehead atoms. The number of rotatable bonds is 8. The standard InChI is InChI=1S/C35H30N4O5/c1-22(2)16-18-43-24-11-13-26-29(19-24)36-17-15-32(26)44-25-12-14-33(37-21-25)38-34(41)28-20-27-30(9-6-10-31(27)40)39(35(28)42)23-7-4-3-5-8-23/h3-5,7-8,11-17,19-21H,6,9-10,18H2,1-2H3,(H,37,38,41). The van der Waals surface area contributed by atoms with Crippen LogP contribution in [-0.4, -0.2) is 32.8 Å². The molecule has 1 aliphatic carbocycles. The van der Waals surface area contributed by atoms with Crippen LogP contribution < -0.4 is 20.3 Å². The number of para-hydroxylation sites is 1. The Labute approximate surface area is 253 Å². The van der Waals surface area contributed by atoms with Gasteiger partial charge in [-0.3, -0.25) is 23.9 Å². The molecule has 0 unspecified atom stereocenters. The minimum atomic E-state index is -0.648. The Morgan fingerprint density at radius 1 is 0.955 bits per heavy atom. The summed E-state index contributed by atoms with van der Waals surface area (Å²) >= 11 is 0. The van der Waals surface area contributed by atoms with Crippen molar-refractivity contribution in [1.29, 1.82) is 0 Å². The number of ketones is 1. The van der Waals surface area contributed by atoms with E-state index in [1.807, 2.05) is 56.3 Å². The molecule has 44 heavy (non-hydrogen) atoms. The first-order chi connectivity index (χ1) is 21.4. The van der Waals surface area contributed by atoms with Crippen molar-refractivity contribution in [2.75, 3.05) is 11.9 Å². The minimum Gasteiger partial charge on any atom is -0.489 e. The van der Waals surface area contributed by atoms with Gasteiger partial charge in [0, 0.05) is 41.0 Å². The van der Waals surface area contributed by atoms with E-state index in [0.29, 0.717) is 60.1 Å². The fourth-order valence-corrected chi connectivity index (χ4v) is 5.11. The van der Waals surface area contributed by atoms with E-state index in [1.54, 1.807) is 36.5 Å². The number of nitrogens with one attached hydrogen (secondary N) is 1. The number of hydrogen-bond donors (Lipinski definition) is 1. The number of carbonyl (C=O) groups is 2. The second-order valence-corrected chi connectivity index (χ2v) is 10.7. The number of hydrogen-bond acceptors (Lipinski definition) is 7. The molecule has 0 atom stereocenters. The number of Topliss-reactive ketones (excluding diaryl/α,β-unsaturated/α-hetero) is 1. The second kappa shape index (κ2) is 12.3. The lowest BCUT2D eigenvalue weighted by Crippen LogP contribution is -2.33. The van der Waals surface area contributed by atoms with E-state index in [2.05, 4.69) is 15.3 Å². The van der Waals surface area contributed by atoms with Crippen LogP contribution in [0.2, 0.25) is 0 Å². The van der Waals surface area contributed by atoms with Crippen molar-refractivity contribution < 1.29 is 19.1 Å². The Morgan fingerprint density at radius 2 is 1.77 bits per heavy atom. The average Bonchev–Trinajstić information content (AvgIpc) is 3.02. The van der Waals surface area contributed by atoms with Gasteiger partial charge in [0.2, 0.25) is 0 Å². The molecular formula is C35H30N4O5. The minimum absolute atomic E-state index is 0.0827. The number of ether oxygens (including phenoxy) is 2. The number of amides is 1. The maximum Gasteiger partial charge on any atom is 0.268 e. The van der Waals surface area contributed by atoms with Gasteiger partial charge in [-0.05, 0) is 81.3 Å². The van der Waals surface area contributed by atoms with Crippen molar-refractivity contribution in [3.05, 3.63) is 124 Å². The third-order valence-corrected chi connectivity index (χ3v) is 7.30. The van der Waals surface area contributed by atoms with Gasteiger partial charge in [0.15, 0.2) is 5.78 Å². The summed E-state index contributed by atoms with van der Waals surface area (Å²) in [6, 6.07) is 21.1. The van der Waals surface area contributed by atoms with E-state index < -0.39 is 11.5 Å². The number of anilines is 1. The third kappa shape index (κ3) is 5.98. The molecule has 220 valence electrons. The Morgan fingerprint density at radius 3 is 2.55 bits per heavy atom. The maximum atomic E-state index is 13.6. The summed E-state index contributed by atoms with van der Waals surface area (Å²) in [6.07, 6.45) is 6.76. The van der Waals surface area contributed by atoms with E-state index in [1.165, 1.54) is 22.4 Å². The number of benzene rings is 2. The van der Waals surface area contributed by atoms with Gasteiger partial charge in [-0.25, -0.2) is 4.98 Å². The van der Waals surface area contributed by atoms with Crippen molar-refractivity contribution in [2.45, 2.75) is 33.1 Å². The molecule has 9 nitrogen and oxygen atoms in total. The Hall–Kier alpha value is -5.57. The highest BCUT2D eigenvalue weighted by atomic mass is 16.5. The fraction of sp³-hybridized carbons (Fsp3) is 0.171. The molecule has 0 saturated carbocycles. The van der Waals surface area contributed by atoms with Gasteiger partial charge in [0.1, 0.15) is 35.2 Å². The summed E-state index contributed by atoms with van der Waals surface area (Å²) in [5.74, 6) is 1.25. The predicted molar refractivity (Wildman–Crippen MR) is 168 cm³/mol. The first kappa shape index (κ1) is 28.5. The molecule has 1 aliphatic rings. The summed E-state index contributed by atoms with van der Waals surface area (Å²) in [4.78, 5) is 48.5. The first-order valence-electron chi connectivity index (χ1n) is 14.3. The highest BCUT2D eigenvalue weighted by molar-refractivity contribution is 6.06. The molecule has 2 aromatic carbocycles. The SMILES string of the molecule is CC(C)=CCOc1ccc2c(Oc3ccc(NC(=O)c4cc5c(n(-c6ccccc6)c4=O)CCCC5=O)nc3)ccnc2c1. The van der Waals surface area contributed by atoms with Crippen LogP contribution in [0.1, 0.15) is 53.1 Å². The molecule has 1 N–H and O–H groups in total. The van der Waals surface area contributed by atoms with Crippen LogP contribution in [-0.2, 0) is 6.42 Å². The van der Waals surface area contributed by atoms with E-state index >= 15 is 0 Å². The van der Waals surface area contributed by atoms with Crippen LogP contribution in [0.15, 0.2) is 102 Å². The third-order valence-electron chi connectivity index (χ3n) is 7.30. The monoisotopic (exact) mass is 586 g/mol. The van der Waals surface area contributed by atoms with Crippen molar-refractivity contribution in [2.24, 2.45) is 0 Å². The molecule has 0 aliphatic heterocycles. The van der Waals surface area contributed by atoms with Crippen LogP contribution in [0, 0.1) is 0 Å². The number of carbonyl (C=O) groups excluding carboxylic acids is 2. The molecule has 0 saturated heterocycles. The Kier molecular flexibility index (Phi) is 8.01. The van der Waals surface area contributed by atoms with Crippen LogP contribution in [0.25, 0.3) is 16.6 Å². The smallest absolute Gasteiger partial charge is 0.268 e. The number of nitrogens with zero attached hydrogens (tertiary/aromatic N) is 3. The van der Waals surface area contributed by atoms with Gasteiger partial charge >= 0.3 is 0 Å². The largest absolute Gasteiger partial charge is 0.489 e. The van der Waals surface area contributed by atoms with Gasteiger partial charge in [-0.1, -0.05) is 23.8 Å². The summed E-state index contributed by atoms with van der Waals surface area (Å²) < 4.78 is 13.4. The molecule has 6 rings (SSSR count). The van der Waals surface area contributed by atoms with Crippen LogP contribution >= 0.6 is 0 Å². The van der Waals surface area contributed by atoms with Crippen LogP contribution in [0.3, 0.4) is 0 Å². The zero-order chi connectivity index (χ0) is 30.6. The highest BCUT2D eigenvalue weighted by Crippen LogP contribution is 2.31. The molecule has 3 aromatic heterocycles. The molecule has 5 aromatic rings. The number of pyridine rings is 3. The van der Waals surface area contributed by atoms with Crippen molar-refractivity contribution in [1.82, 2.24) is 14.5 Å². The lowest BCUT2D eigenvalue weighted by molar-refractivity contribution is 0.0971. The fourth-order valence-electron chi connectivity index (χ4n) is 5.11. The first-order valence-corrected chi connectivity index (χ1v) is 14.3. The summed E-state index contributed by atoms with van der Waals surface area (Å²) in [5, 5.41) is 3.49.